The minimum Gasteiger partial charge on any atom is -0.347 e. The third-order valence-corrected chi connectivity index (χ3v) is 8.33. The fourth-order valence-electron chi connectivity index (χ4n) is 5.32. The molecule has 0 N–H and O–H groups in total. The lowest BCUT2D eigenvalue weighted by atomic mass is 10.00. The van der Waals surface area contributed by atoms with Crippen LogP contribution in [0.3, 0.4) is 0 Å². The molecule has 3 aliphatic heterocycles. The first kappa shape index (κ1) is 20.5. The van der Waals surface area contributed by atoms with Gasteiger partial charge < -0.3 is 9.80 Å². The summed E-state index contributed by atoms with van der Waals surface area (Å²) in [6, 6.07) is 5.21. The largest absolute Gasteiger partial charge is 0.347 e. The second-order valence-electron chi connectivity index (χ2n) is 9.51. The fourth-order valence-corrected chi connectivity index (χ4v) is 6.23. The van der Waals surface area contributed by atoms with Crippen LogP contribution in [0.1, 0.15) is 57.6 Å². The Balaban J connectivity index is 1.19. The number of likely N-dealkylation sites (tertiary alicyclic amines) is 2. The van der Waals surface area contributed by atoms with Crippen LogP contribution in [-0.4, -0.2) is 69.9 Å². The molecule has 3 saturated heterocycles. The molecule has 0 aliphatic carbocycles. The van der Waals surface area contributed by atoms with Gasteiger partial charge in [-0.1, -0.05) is 24.7 Å². The summed E-state index contributed by atoms with van der Waals surface area (Å²) in [6.45, 7) is 10.6. The third-order valence-electron chi connectivity index (χ3n) is 7.35. The van der Waals surface area contributed by atoms with Crippen molar-refractivity contribution in [1.82, 2.24) is 24.6 Å². The van der Waals surface area contributed by atoms with E-state index in [0.29, 0.717) is 0 Å². The summed E-state index contributed by atoms with van der Waals surface area (Å²) in [7, 11) is 0. The topological polar surface area (TPSA) is 40.4 Å². The fraction of sp³-hybridized carbons (Fsp3) is 0.739. The molecule has 2 aromatic rings. The Morgan fingerprint density at radius 2 is 1.63 bits per heavy atom. The maximum absolute atomic E-state index is 4.54. The van der Waals surface area contributed by atoms with Gasteiger partial charge in [-0.15, -0.1) is 10.2 Å². The van der Waals surface area contributed by atoms with Gasteiger partial charge in [0, 0.05) is 50.7 Å². The molecule has 3 aliphatic rings. The number of piperidine rings is 3. The lowest BCUT2D eigenvalue weighted by Gasteiger charge is -2.40. The zero-order valence-corrected chi connectivity index (χ0v) is 19.2. The van der Waals surface area contributed by atoms with Crippen LogP contribution in [0.4, 0.5) is 5.13 Å². The predicted molar refractivity (Wildman–Crippen MR) is 124 cm³/mol. The second-order valence-corrected chi connectivity index (χ2v) is 10.4. The summed E-state index contributed by atoms with van der Waals surface area (Å²) in [5.41, 5.74) is 1.33. The Kier molecular flexibility index (Phi) is 6.39. The van der Waals surface area contributed by atoms with E-state index in [9.17, 15) is 0 Å². The maximum Gasteiger partial charge on any atom is 0.218 e. The third kappa shape index (κ3) is 4.58. The smallest absolute Gasteiger partial charge is 0.218 e. The average Bonchev–Trinajstić information content (AvgIpc) is 3.45. The zero-order chi connectivity index (χ0) is 20.3. The van der Waals surface area contributed by atoms with Crippen LogP contribution in [0, 0.1) is 5.92 Å². The minimum absolute atomic E-state index is 0.811. The molecule has 0 spiro atoms. The highest BCUT2D eigenvalue weighted by Gasteiger charge is 2.26. The molecule has 0 amide bonds. The molecule has 0 saturated carbocycles. The zero-order valence-electron chi connectivity index (χ0n) is 18.4. The molecular formula is C23H36N6S. The molecule has 0 bridgehead atoms. The molecule has 2 aromatic heterocycles. The number of nitrogens with zero attached hydrogens (tertiary/aromatic N) is 6. The van der Waals surface area contributed by atoms with Crippen LogP contribution in [-0.2, 0) is 6.54 Å². The summed E-state index contributed by atoms with van der Waals surface area (Å²) >= 11 is 1.74. The summed E-state index contributed by atoms with van der Waals surface area (Å²) in [4.78, 5) is 7.80. The SMILES string of the molecule is CC1CCN(c2nnc(-n3cccc3CN3CCC(N4CCCCC4)CC3)s2)CC1. The Labute approximate surface area is 184 Å². The van der Waals surface area contributed by atoms with E-state index in [2.05, 4.69) is 54.7 Å². The van der Waals surface area contributed by atoms with Crippen LogP contribution in [0.5, 0.6) is 0 Å². The second kappa shape index (κ2) is 9.37. The van der Waals surface area contributed by atoms with Crippen LogP contribution < -0.4 is 4.90 Å². The van der Waals surface area contributed by atoms with Gasteiger partial charge >= 0.3 is 0 Å². The first-order valence-electron chi connectivity index (χ1n) is 12.0. The predicted octanol–water partition coefficient (Wildman–Crippen LogP) is 4.02. The van der Waals surface area contributed by atoms with E-state index in [0.717, 1.165) is 41.9 Å². The standard InChI is InChI=1S/C23H36N6S/c1-19-7-16-28(17-8-19)22-24-25-23(30-22)29-13-5-6-21(29)18-26-14-9-20(10-15-26)27-11-3-2-4-12-27/h5-6,13,19-20H,2-4,7-12,14-18H2,1H3. The van der Waals surface area contributed by atoms with Gasteiger partial charge in [0.1, 0.15) is 0 Å². The highest BCUT2D eigenvalue weighted by atomic mass is 32.1. The van der Waals surface area contributed by atoms with E-state index in [4.69, 9.17) is 0 Å². The molecule has 7 heteroatoms. The van der Waals surface area contributed by atoms with Gasteiger partial charge in [-0.05, 0) is 69.7 Å². The molecule has 0 aromatic carbocycles. The van der Waals surface area contributed by atoms with Crippen molar-refractivity contribution >= 4 is 16.5 Å². The highest BCUT2D eigenvalue weighted by molar-refractivity contribution is 7.17. The molecular weight excluding hydrogens is 392 g/mol. The first-order chi connectivity index (χ1) is 14.8. The monoisotopic (exact) mass is 428 g/mol. The van der Waals surface area contributed by atoms with Crippen molar-refractivity contribution in [3.8, 4) is 5.13 Å². The summed E-state index contributed by atoms with van der Waals surface area (Å²) in [5.74, 6) is 0.837. The molecule has 5 rings (SSSR count). The van der Waals surface area contributed by atoms with Gasteiger partial charge in [0.25, 0.3) is 0 Å². The van der Waals surface area contributed by atoms with Gasteiger partial charge in [0.05, 0.1) is 0 Å². The van der Waals surface area contributed by atoms with Crippen molar-refractivity contribution in [2.45, 2.75) is 64.5 Å². The average molecular weight is 429 g/mol. The molecule has 0 atom stereocenters. The molecule has 30 heavy (non-hydrogen) atoms. The van der Waals surface area contributed by atoms with E-state index in [1.807, 2.05) is 0 Å². The molecule has 3 fully saturated rings. The van der Waals surface area contributed by atoms with Gasteiger partial charge in [-0.25, -0.2) is 0 Å². The van der Waals surface area contributed by atoms with Gasteiger partial charge in [-0.2, -0.15) is 0 Å². The molecule has 164 valence electrons. The molecule has 0 unspecified atom stereocenters. The highest BCUT2D eigenvalue weighted by Crippen LogP contribution is 2.29. The number of hydrogen-bond donors (Lipinski definition) is 0. The molecule has 5 heterocycles. The van der Waals surface area contributed by atoms with Crippen LogP contribution in [0.2, 0.25) is 0 Å². The number of aromatic nitrogens is 3. The number of rotatable bonds is 5. The van der Waals surface area contributed by atoms with Crippen LogP contribution in [0.15, 0.2) is 18.3 Å². The van der Waals surface area contributed by atoms with Gasteiger partial charge in [-0.3, -0.25) is 9.47 Å². The summed E-state index contributed by atoms with van der Waals surface area (Å²) in [5, 5.41) is 11.2. The number of hydrogen-bond acceptors (Lipinski definition) is 6. The van der Waals surface area contributed by atoms with Crippen molar-refractivity contribution in [2.75, 3.05) is 44.2 Å². The first-order valence-corrected chi connectivity index (χ1v) is 12.8. The van der Waals surface area contributed by atoms with Crippen molar-refractivity contribution in [3.63, 3.8) is 0 Å². The van der Waals surface area contributed by atoms with E-state index < -0.39 is 0 Å². The Bertz CT molecular complexity index is 794. The van der Waals surface area contributed by atoms with Crippen molar-refractivity contribution in [2.24, 2.45) is 5.92 Å². The quantitative estimate of drug-likeness (QED) is 0.719. The van der Waals surface area contributed by atoms with Crippen LogP contribution in [0.25, 0.3) is 5.13 Å². The van der Waals surface area contributed by atoms with Crippen molar-refractivity contribution in [1.29, 1.82) is 0 Å². The molecule has 0 radical (unpaired) electrons. The maximum atomic E-state index is 4.54. The van der Waals surface area contributed by atoms with Gasteiger partial charge in [0.2, 0.25) is 10.3 Å². The van der Waals surface area contributed by atoms with E-state index >= 15 is 0 Å². The van der Waals surface area contributed by atoms with E-state index in [1.54, 1.807) is 11.3 Å². The van der Waals surface area contributed by atoms with E-state index in [1.165, 1.54) is 76.8 Å². The Morgan fingerprint density at radius 3 is 2.40 bits per heavy atom. The van der Waals surface area contributed by atoms with Crippen molar-refractivity contribution < 1.29 is 0 Å². The lowest BCUT2D eigenvalue weighted by Crippen LogP contribution is -2.46. The Hall–Kier alpha value is -1.44. The van der Waals surface area contributed by atoms with E-state index in [-0.39, 0.29) is 0 Å². The van der Waals surface area contributed by atoms with Crippen molar-refractivity contribution in [3.05, 3.63) is 24.0 Å². The van der Waals surface area contributed by atoms with Crippen LogP contribution >= 0.6 is 11.3 Å². The number of anilines is 1. The normalized spacial score (nSPS) is 23.3. The summed E-state index contributed by atoms with van der Waals surface area (Å²) in [6.07, 6.45) is 11.5. The lowest BCUT2D eigenvalue weighted by molar-refractivity contribution is 0.0889. The van der Waals surface area contributed by atoms with Gasteiger partial charge in [0.15, 0.2) is 0 Å². The Morgan fingerprint density at radius 1 is 0.900 bits per heavy atom. The molecule has 6 nitrogen and oxygen atoms in total. The minimum atomic E-state index is 0.811. The summed E-state index contributed by atoms with van der Waals surface area (Å²) < 4.78 is 2.25.